The van der Waals surface area contributed by atoms with Gasteiger partial charge in [-0.2, -0.15) is 0 Å². The van der Waals surface area contributed by atoms with Gasteiger partial charge in [-0.05, 0) is 12.8 Å². The third-order valence-corrected chi connectivity index (χ3v) is 3.96. The Morgan fingerprint density at radius 1 is 0.810 bits per heavy atom. The number of ether oxygens (including phenoxy) is 1. The Morgan fingerprint density at radius 3 is 1.62 bits per heavy atom. The molecule has 1 atom stereocenters. The number of hydrogen-bond donors (Lipinski definition) is 1. The van der Waals surface area contributed by atoms with Gasteiger partial charge in [-0.3, -0.25) is 0 Å². The zero-order valence-electron chi connectivity index (χ0n) is 14.2. The van der Waals surface area contributed by atoms with Crippen molar-refractivity contribution in [2.24, 2.45) is 0 Å². The van der Waals surface area contributed by atoms with Gasteiger partial charge in [0.25, 0.3) is 0 Å². The summed E-state index contributed by atoms with van der Waals surface area (Å²) in [5, 5.41) is 8.84. The van der Waals surface area contributed by atoms with Crippen LogP contribution in [0.25, 0.3) is 0 Å². The Balaban J connectivity index is 3.14. The lowest BCUT2D eigenvalue weighted by Gasteiger charge is -2.10. The van der Waals surface area contributed by atoms with Crippen molar-refractivity contribution in [2.75, 3.05) is 6.61 Å². The molecular weight excluding hydrogens is 264 g/mol. The lowest BCUT2D eigenvalue weighted by Crippen LogP contribution is -2.23. The van der Waals surface area contributed by atoms with Gasteiger partial charge in [-0.15, -0.1) is 0 Å². The number of aliphatic carboxylic acids is 1. The predicted octanol–water partition coefficient (Wildman–Crippen LogP) is 5.57. The Hall–Kier alpha value is -0.570. The van der Waals surface area contributed by atoms with Gasteiger partial charge in [0.1, 0.15) is 0 Å². The molecule has 1 unspecified atom stereocenters. The van der Waals surface area contributed by atoms with Crippen molar-refractivity contribution in [3.05, 3.63) is 0 Å². The van der Waals surface area contributed by atoms with Crippen LogP contribution in [0.2, 0.25) is 0 Å². The molecule has 126 valence electrons. The highest BCUT2D eigenvalue weighted by Gasteiger charge is 2.14. The zero-order chi connectivity index (χ0) is 15.8. The van der Waals surface area contributed by atoms with Crippen LogP contribution in [-0.4, -0.2) is 23.8 Å². The summed E-state index contributed by atoms with van der Waals surface area (Å²) in [5.41, 5.74) is 0. The van der Waals surface area contributed by atoms with Gasteiger partial charge in [-0.1, -0.05) is 84.5 Å². The summed E-state index contributed by atoms with van der Waals surface area (Å²) in [4.78, 5) is 10.8. The largest absolute Gasteiger partial charge is 0.479 e. The first-order valence-electron chi connectivity index (χ1n) is 9.06. The van der Waals surface area contributed by atoms with E-state index in [1.807, 2.05) is 6.92 Å². The highest BCUT2D eigenvalue weighted by Crippen LogP contribution is 2.12. The average molecular weight is 300 g/mol. The van der Waals surface area contributed by atoms with Crippen LogP contribution < -0.4 is 0 Å². The summed E-state index contributed by atoms with van der Waals surface area (Å²) in [6.07, 6.45) is 15.7. The lowest BCUT2D eigenvalue weighted by atomic mass is 10.1. The number of carbonyl (C=O) groups is 1. The molecule has 0 amide bonds. The molecule has 0 aliphatic rings. The summed E-state index contributed by atoms with van der Waals surface area (Å²) < 4.78 is 5.35. The molecule has 0 aromatic heterocycles. The van der Waals surface area contributed by atoms with E-state index in [2.05, 4.69) is 6.92 Å². The predicted molar refractivity (Wildman–Crippen MR) is 88.7 cm³/mol. The van der Waals surface area contributed by atoms with E-state index < -0.39 is 12.1 Å². The third kappa shape index (κ3) is 14.1. The molecule has 1 N–H and O–H groups in total. The smallest absolute Gasteiger partial charge is 0.332 e. The SMILES string of the molecule is CCCCCCCCCCCCCCOC(CC)C(=O)O. The standard InChI is InChI=1S/C18H36O3/c1-3-5-6-7-8-9-10-11-12-13-14-15-16-21-17(4-2)18(19)20/h17H,3-16H2,1-2H3,(H,19,20). The number of carboxylic acids is 1. The van der Waals surface area contributed by atoms with E-state index in [1.165, 1.54) is 64.2 Å². The maximum absolute atomic E-state index is 10.8. The topological polar surface area (TPSA) is 46.5 Å². The summed E-state index contributed by atoms with van der Waals surface area (Å²) in [6.45, 7) is 4.69. The van der Waals surface area contributed by atoms with Crippen LogP contribution in [0.4, 0.5) is 0 Å². The molecule has 0 saturated carbocycles. The molecule has 0 heterocycles. The summed E-state index contributed by atoms with van der Waals surface area (Å²) >= 11 is 0. The van der Waals surface area contributed by atoms with Crippen LogP contribution in [0, 0.1) is 0 Å². The first kappa shape index (κ1) is 20.4. The van der Waals surface area contributed by atoms with E-state index in [-0.39, 0.29) is 0 Å². The van der Waals surface area contributed by atoms with Crippen LogP contribution in [0.3, 0.4) is 0 Å². The second-order valence-corrected chi connectivity index (χ2v) is 6.00. The second-order valence-electron chi connectivity index (χ2n) is 6.00. The van der Waals surface area contributed by atoms with Crippen molar-refractivity contribution in [3.8, 4) is 0 Å². The summed E-state index contributed by atoms with van der Waals surface area (Å²) in [5.74, 6) is -0.837. The highest BCUT2D eigenvalue weighted by molar-refractivity contribution is 5.72. The molecule has 0 bridgehead atoms. The van der Waals surface area contributed by atoms with Crippen molar-refractivity contribution in [2.45, 2.75) is 103 Å². The Labute approximate surface area is 131 Å². The molecule has 0 saturated heterocycles. The average Bonchev–Trinajstić information content (AvgIpc) is 2.47. The van der Waals surface area contributed by atoms with E-state index in [0.717, 1.165) is 12.8 Å². The fourth-order valence-corrected chi connectivity index (χ4v) is 2.53. The van der Waals surface area contributed by atoms with Gasteiger partial charge in [0.15, 0.2) is 6.10 Å². The van der Waals surface area contributed by atoms with E-state index in [1.54, 1.807) is 0 Å². The third-order valence-electron chi connectivity index (χ3n) is 3.96. The van der Waals surface area contributed by atoms with Crippen molar-refractivity contribution < 1.29 is 14.6 Å². The van der Waals surface area contributed by atoms with Crippen molar-refractivity contribution in [1.82, 2.24) is 0 Å². The van der Waals surface area contributed by atoms with Crippen LogP contribution in [0.15, 0.2) is 0 Å². The summed E-state index contributed by atoms with van der Waals surface area (Å²) in [7, 11) is 0. The van der Waals surface area contributed by atoms with Crippen LogP contribution in [0.1, 0.15) is 97.3 Å². The maximum Gasteiger partial charge on any atom is 0.332 e. The summed E-state index contributed by atoms with van der Waals surface area (Å²) in [6, 6.07) is 0. The number of unbranched alkanes of at least 4 members (excludes halogenated alkanes) is 11. The molecule has 0 aliphatic carbocycles. The fraction of sp³-hybridized carbons (Fsp3) is 0.944. The molecular formula is C18H36O3. The molecule has 3 heteroatoms. The molecule has 0 spiro atoms. The highest BCUT2D eigenvalue weighted by atomic mass is 16.5. The van der Waals surface area contributed by atoms with Crippen LogP contribution in [-0.2, 0) is 9.53 Å². The number of rotatable bonds is 16. The van der Waals surface area contributed by atoms with Crippen LogP contribution >= 0.6 is 0 Å². The monoisotopic (exact) mass is 300 g/mol. The normalized spacial score (nSPS) is 12.5. The molecule has 0 aromatic carbocycles. The maximum atomic E-state index is 10.8. The molecule has 0 fully saturated rings. The Bertz CT molecular complexity index is 229. The molecule has 0 rings (SSSR count). The number of hydrogen-bond acceptors (Lipinski definition) is 2. The zero-order valence-corrected chi connectivity index (χ0v) is 14.2. The van der Waals surface area contributed by atoms with E-state index >= 15 is 0 Å². The van der Waals surface area contributed by atoms with Crippen molar-refractivity contribution in [3.63, 3.8) is 0 Å². The van der Waals surface area contributed by atoms with Gasteiger partial charge < -0.3 is 9.84 Å². The second kappa shape index (κ2) is 15.8. The minimum absolute atomic E-state index is 0.549. The van der Waals surface area contributed by atoms with Crippen LogP contribution in [0.5, 0.6) is 0 Å². The molecule has 3 nitrogen and oxygen atoms in total. The first-order chi connectivity index (χ1) is 10.2. The molecule has 0 radical (unpaired) electrons. The van der Waals surface area contributed by atoms with Gasteiger partial charge >= 0.3 is 5.97 Å². The minimum Gasteiger partial charge on any atom is -0.479 e. The molecule has 0 aliphatic heterocycles. The van der Waals surface area contributed by atoms with Gasteiger partial charge in [0.2, 0.25) is 0 Å². The lowest BCUT2D eigenvalue weighted by molar-refractivity contribution is -0.150. The van der Waals surface area contributed by atoms with Gasteiger partial charge in [0, 0.05) is 6.61 Å². The van der Waals surface area contributed by atoms with E-state index in [9.17, 15) is 4.79 Å². The first-order valence-corrected chi connectivity index (χ1v) is 9.06. The quantitative estimate of drug-likeness (QED) is 0.379. The molecule has 0 aromatic rings. The fourth-order valence-electron chi connectivity index (χ4n) is 2.53. The van der Waals surface area contributed by atoms with E-state index in [0.29, 0.717) is 13.0 Å². The molecule has 21 heavy (non-hydrogen) atoms. The minimum atomic E-state index is -0.837. The van der Waals surface area contributed by atoms with Crippen molar-refractivity contribution in [1.29, 1.82) is 0 Å². The van der Waals surface area contributed by atoms with Gasteiger partial charge in [-0.25, -0.2) is 4.79 Å². The van der Waals surface area contributed by atoms with E-state index in [4.69, 9.17) is 9.84 Å². The van der Waals surface area contributed by atoms with Crippen molar-refractivity contribution >= 4 is 5.97 Å². The van der Waals surface area contributed by atoms with Gasteiger partial charge in [0.05, 0.1) is 0 Å². The Morgan fingerprint density at radius 2 is 1.24 bits per heavy atom. The number of carboxylic acid groups (broad SMARTS) is 1. The Kier molecular flexibility index (Phi) is 15.4.